The molecule has 72 heavy (non-hydrogen) atoms. The van der Waals surface area contributed by atoms with Gasteiger partial charge >= 0.3 is 0 Å². The minimum Gasteiger partial charge on any atom is -0.311 e. The van der Waals surface area contributed by atoms with Crippen molar-refractivity contribution in [3.8, 4) is 50.2 Å². The van der Waals surface area contributed by atoms with Crippen molar-refractivity contribution in [2.45, 2.75) is 0 Å². The Morgan fingerprint density at radius 3 is 1.29 bits per heavy atom. The van der Waals surface area contributed by atoms with Crippen LogP contribution >= 0.6 is 0 Å². The van der Waals surface area contributed by atoms with E-state index in [0.29, 0.717) is 0 Å². The maximum Gasteiger partial charge on any atom is 0.0541 e. The summed E-state index contributed by atoms with van der Waals surface area (Å²) in [5.74, 6) is 0. The molecule has 0 amide bonds. The molecule has 0 saturated carbocycles. The fraction of sp³-hybridized carbons (Fsp3) is 0. The minimum atomic E-state index is 1.08. The monoisotopic (exact) mass is 914 g/mol. The van der Waals surface area contributed by atoms with Gasteiger partial charge in [0.25, 0.3) is 0 Å². The number of rotatable bonds is 8. The van der Waals surface area contributed by atoms with Gasteiger partial charge in [0.05, 0.1) is 16.7 Å². The topological polar surface area (TPSA) is 8.17 Å². The summed E-state index contributed by atoms with van der Waals surface area (Å²) < 4.78 is 2.43. The van der Waals surface area contributed by atoms with Crippen LogP contribution in [0, 0.1) is 0 Å². The van der Waals surface area contributed by atoms with Crippen molar-refractivity contribution in [1.29, 1.82) is 0 Å². The third-order valence-electron chi connectivity index (χ3n) is 14.8. The van der Waals surface area contributed by atoms with Gasteiger partial charge in [-0.25, -0.2) is 0 Å². The highest BCUT2D eigenvalue weighted by atomic mass is 15.1. The number of hydrogen-bond donors (Lipinski definition) is 0. The fourth-order valence-corrected chi connectivity index (χ4v) is 11.4. The van der Waals surface area contributed by atoms with E-state index in [-0.39, 0.29) is 0 Å². The van der Waals surface area contributed by atoms with Crippen molar-refractivity contribution in [3.05, 3.63) is 279 Å². The lowest BCUT2D eigenvalue weighted by Crippen LogP contribution is -2.09. The van der Waals surface area contributed by atoms with Crippen LogP contribution in [0.1, 0.15) is 0 Å². The van der Waals surface area contributed by atoms with Crippen molar-refractivity contribution in [2.75, 3.05) is 4.90 Å². The summed E-state index contributed by atoms with van der Waals surface area (Å²) in [5, 5.41) is 12.6. The third-order valence-corrected chi connectivity index (χ3v) is 14.8. The third kappa shape index (κ3) is 6.95. The highest BCUT2D eigenvalue weighted by Crippen LogP contribution is 2.43. The molecule has 1 aromatic heterocycles. The molecule has 13 aromatic carbocycles. The van der Waals surface area contributed by atoms with Crippen molar-refractivity contribution in [3.63, 3.8) is 0 Å². The molecule has 14 rings (SSSR count). The summed E-state index contributed by atoms with van der Waals surface area (Å²) in [5.41, 5.74) is 16.3. The lowest BCUT2D eigenvalue weighted by Gasteiger charge is -2.26. The molecule has 0 fully saturated rings. The van der Waals surface area contributed by atoms with E-state index in [9.17, 15) is 0 Å². The Kier molecular flexibility index (Phi) is 9.89. The molecule has 0 spiro atoms. The van der Waals surface area contributed by atoms with Crippen LogP contribution < -0.4 is 4.90 Å². The smallest absolute Gasteiger partial charge is 0.0541 e. The molecule has 0 saturated heterocycles. The van der Waals surface area contributed by atoms with Gasteiger partial charge in [-0.3, -0.25) is 0 Å². The van der Waals surface area contributed by atoms with Crippen molar-refractivity contribution in [2.24, 2.45) is 0 Å². The van der Waals surface area contributed by atoms with E-state index in [1.165, 1.54) is 104 Å². The highest BCUT2D eigenvalue weighted by molar-refractivity contribution is 6.14. The number of hydrogen-bond acceptors (Lipinski definition) is 1. The van der Waals surface area contributed by atoms with Crippen molar-refractivity contribution >= 4 is 82.0 Å². The quantitative estimate of drug-likeness (QED) is 0.138. The second-order valence-corrected chi connectivity index (χ2v) is 18.8. The van der Waals surface area contributed by atoms with Gasteiger partial charge in [-0.2, -0.15) is 0 Å². The van der Waals surface area contributed by atoms with Gasteiger partial charge in [-0.1, -0.05) is 212 Å². The largest absolute Gasteiger partial charge is 0.311 e. The fourth-order valence-electron chi connectivity index (χ4n) is 11.4. The lowest BCUT2D eigenvalue weighted by atomic mass is 9.93. The van der Waals surface area contributed by atoms with Crippen LogP contribution in [0.2, 0.25) is 0 Å². The number of nitrogens with zero attached hydrogens (tertiary/aromatic N) is 2. The SMILES string of the molecule is c1ccc(-c2ccccc2-n2c3ccccc3c3ccccc32)c(-c2ccc(N(c3ccc(-c4ccc5c(ccc6ccccc65)c4)cc3)c3ccc(-c4cc5ccccc5c5ccccc45)cc3)cc2)c1. The molecule has 0 N–H and O–H groups in total. The molecule has 0 aliphatic heterocycles. The number of benzene rings is 13. The summed E-state index contributed by atoms with van der Waals surface area (Å²) in [6.07, 6.45) is 0. The Hall–Kier alpha value is -9.50. The number of anilines is 3. The average Bonchev–Trinajstić information content (AvgIpc) is 3.79. The Morgan fingerprint density at radius 2 is 0.639 bits per heavy atom. The van der Waals surface area contributed by atoms with E-state index in [4.69, 9.17) is 0 Å². The van der Waals surface area contributed by atoms with Crippen LogP contribution in [0.15, 0.2) is 279 Å². The first-order chi connectivity index (χ1) is 35.7. The summed E-state index contributed by atoms with van der Waals surface area (Å²) >= 11 is 0. The van der Waals surface area contributed by atoms with Gasteiger partial charge in [0.15, 0.2) is 0 Å². The summed E-state index contributed by atoms with van der Waals surface area (Å²) in [6.45, 7) is 0. The molecule has 336 valence electrons. The summed E-state index contributed by atoms with van der Waals surface area (Å²) in [6, 6.07) is 102. The van der Waals surface area contributed by atoms with Crippen LogP contribution in [0.5, 0.6) is 0 Å². The maximum absolute atomic E-state index is 2.43. The molecule has 2 nitrogen and oxygen atoms in total. The van der Waals surface area contributed by atoms with E-state index in [0.717, 1.165) is 28.3 Å². The summed E-state index contributed by atoms with van der Waals surface area (Å²) in [7, 11) is 0. The Bertz CT molecular complexity index is 4320. The zero-order valence-corrected chi connectivity index (χ0v) is 39.5. The number of fused-ring (bicyclic) bond motifs is 9. The van der Waals surface area contributed by atoms with Gasteiger partial charge in [-0.15, -0.1) is 0 Å². The van der Waals surface area contributed by atoms with Crippen molar-refractivity contribution in [1.82, 2.24) is 4.57 Å². The van der Waals surface area contributed by atoms with E-state index in [2.05, 4.69) is 289 Å². The zero-order valence-electron chi connectivity index (χ0n) is 39.5. The first-order valence-electron chi connectivity index (χ1n) is 24.8. The van der Waals surface area contributed by atoms with E-state index < -0.39 is 0 Å². The molecule has 0 aliphatic rings. The van der Waals surface area contributed by atoms with Crippen LogP contribution in [-0.4, -0.2) is 4.57 Å². The van der Waals surface area contributed by atoms with Gasteiger partial charge in [0.2, 0.25) is 0 Å². The molecule has 2 heteroatoms. The first-order valence-corrected chi connectivity index (χ1v) is 24.8. The Balaban J connectivity index is 0.863. The van der Waals surface area contributed by atoms with Gasteiger partial charge in [0, 0.05) is 33.4 Å². The molecule has 1 heterocycles. The summed E-state index contributed by atoms with van der Waals surface area (Å²) in [4.78, 5) is 2.38. The predicted octanol–water partition coefficient (Wildman–Crippen LogP) is 19.5. The first kappa shape index (κ1) is 41.5. The zero-order chi connectivity index (χ0) is 47.5. The molecule has 0 bridgehead atoms. The second-order valence-electron chi connectivity index (χ2n) is 18.8. The molecule has 0 atom stereocenters. The predicted molar refractivity (Wildman–Crippen MR) is 307 cm³/mol. The Labute approximate surface area is 418 Å². The van der Waals surface area contributed by atoms with Crippen molar-refractivity contribution < 1.29 is 0 Å². The van der Waals surface area contributed by atoms with E-state index >= 15 is 0 Å². The van der Waals surface area contributed by atoms with E-state index in [1.807, 2.05) is 0 Å². The minimum absolute atomic E-state index is 1.08. The molecular weight excluding hydrogens is 869 g/mol. The Morgan fingerprint density at radius 1 is 0.222 bits per heavy atom. The molecule has 0 aliphatic carbocycles. The molecule has 14 aromatic rings. The van der Waals surface area contributed by atoms with Gasteiger partial charge in [-0.05, 0) is 149 Å². The highest BCUT2D eigenvalue weighted by Gasteiger charge is 2.19. The van der Waals surface area contributed by atoms with Gasteiger partial charge < -0.3 is 9.47 Å². The normalized spacial score (nSPS) is 11.6. The average molecular weight is 915 g/mol. The van der Waals surface area contributed by atoms with Crippen LogP contribution in [-0.2, 0) is 0 Å². The molecular formula is C70H46N2. The van der Waals surface area contributed by atoms with Gasteiger partial charge in [0.1, 0.15) is 0 Å². The van der Waals surface area contributed by atoms with E-state index in [1.54, 1.807) is 0 Å². The lowest BCUT2D eigenvalue weighted by molar-refractivity contribution is 1.18. The number of aromatic nitrogens is 1. The van der Waals surface area contributed by atoms with Crippen LogP contribution in [0.3, 0.4) is 0 Å². The van der Waals surface area contributed by atoms with Crippen LogP contribution in [0.25, 0.3) is 115 Å². The number of para-hydroxylation sites is 3. The molecule has 0 unspecified atom stereocenters. The molecule has 0 radical (unpaired) electrons. The van der Waals surface area contributed by atoms with Crippen LogP contribution in [0.4, 0.5) is 17.1 Å². The second kappa shape index (κ2) is 17.2. The standard InChI is InChI=1S/C70H46N2/c1-3-17-57-48(15-1)29-30-53-45-51(37-44-60(53)57)47-31-38-54(39-32-47)71(56-42-35-50(36-43-56)67-46-52-16-2-4-19-59(52)61-20-7-8-22-63(61)67)55-40-33-49(34-41-55)58-18-5-6-21-62(58)64-23-9-12-26-68(64)72-69-27-13-10-24-65(69)66-25-11-14-28-70(66)72/h1-46H. The maximum atomic E-state index is 2.43.